The molecule has 0 saturated carbocycles. The van der Waals surface area contributed by atoms with Gasteiger partial charge in [0.05, 0.1) is 23.4 Å². The Morgan fingerprint density at radius 3 is 2.34 bits per heavy atom. The van der Waals surface area contributed by atoms with E-state index in [1.54, 1.807) is 48.5 Å². The van der Waals surface area contributed by atoms with E-state index in [9.17, 15) is 13.2 Å². The van der Waals surface area contributed by atoms with Gasteiger partial charge in [-0.3, -0.25) is 9.52 Å². The van der Waals surface area contributed by atoms with E-state index in [2.05, 4.69) is 26.0 Å². The van der Waals surface area contributed by atoms with Crippen molar-refractivity contribution < 1.29 is 17.9 Å². The van der Waals surface area contributed by atoms with Crippen molar-refractivity contribution >= 4 is 54.8 Å². The van der Waals surface area contributed by atoms with Crippen LogP contribution in [0.4, 0.5) is 11.4 Å². The van der Waals surface area contributed by atoms with E-state index < -0.39 is 15.9 Å². The minimum absolute atomic E-state index is 0.0274. The summed E-state index contributed by atoms with van der Waals surface area (Å²) >= 11 is 9.15. The molecule has 0 atom stereocenters. The van der Waals surface area contributed by atoms with Gasteiger partial charge in [-0.1, -0.05) is 23.7 Å². The average Bonchev–Trinajstić information content (AvgIpc) is 2.70. The number of para-hydroxylation sites is 1. The molecule has 150 valence electrons. The largest absolute Gasteiger partial charge is 0.495 e. The Kier molecular flexibility index (Phi) is 6.46. The molecule has 0 radical (unpaired) electrons. The molecule has 0 aromatic heterocycles. The van der Waals surface area contributed by atoms with Crippen LogP contribution >= 0.6 is 27.5 Å². The highest BCUT2D eigenvalue weighted by atomic mass is 79.9. The van der Waals surface area contributed by atoms with Crippen molar-refractivity contribution in [3.8, 4) is 5.75 Å². The van der Waals surface area contributed by atoms with Crippen LogP contribution in [-0.2, 0) is 10.0 Å². The summed E-state index contributed by atoms with van der Waals surface area (Å²) in [6, 6.07) is 17.4. The van der Waals surface area contributed by atoms with Crippen LogP contribution in [0.1, 0.15) is 10.4 Å². The van der Waals surface area contributed by atoms with Crippen LogP contribution in [0, 0.1) is 0 Å². The number of carbonyl (C=O) groups is 1. The lowest BCUT2D eigenvalue weighted by Crippen LogP contribution is -2.16. The molecule has 0 bridgehead atoms. The zero-order valence-electron chi connectivity index (χ0n) is 15.1. The predicted molar refractivity (Wildman–Crippen MR) is 117 cm³/mol. The Hall–Kier alpha value is -2.55. The summed E-state index contributed by atoms with van der Waals surface area (Å²) in [5, 5.41) is 3.18. The first-order valence-electron chi connectivity index (χ1n) is 8.32. The summed E-state index contributed by atoms with van der Waals surface area (Å²) in [6.07, 6.45) is 0. The molecule has 3 rings (SSSR count). The third-order valence-electron chi connectivity index (χ3n) is 3.95. The number of ether oxygens (including phenoxy) is 1. The van der Waals surface area contributed by atoms with E-state index >= 15 is 0 Å². The van der Waals surface area contributed by atoms with E-state index in [1.807, 2.05) is 0 Å². The van der Waals surface area contributed by atoms with Crippen LogP contribution in [0.15, 0.2) is 76.1 Å². The molecule has 0 fully saturated rings. The summed E-state index contributed by atoms with van der Waals surface area (Å²) in [6.45, 7) is 0. The minimum atomic E-state index is -3.89. The molecule has 0 unspecified atom stereocenters. The van der Waals surface area contributed by atoms with Crippen LogP contribution in [0.25, 0.3) is 0 Å². The summed E-state index contributed by atoms with van der Waals surface area (Å²) in [4.78, 5) is 12.5. The topological polar surface area (TPSA) is 84.5 Å². The molecule has 1 amide bonds. The zero-order valence-corrected chi connectivity index (χ0v) is 18.3. The van der Waals surface area contributed by atoms with Gasteiger partial charge in [-0.05, 0) is 70.5 Å². The third kappa shape index (κ3) is 5.09. The smallest absolute Gasteiger partial charge is 0.262 e. The highest BCUT2D eigenvalue weighted by Gasteiger charge is 2.19. The van der Waals surface area contributed by atoms with Gasteiger partial charge in [-0.25, -0.2) is 8.42 Å². The highest BCUT2D eigenvalue weighted by Crippen LogP contribution is 2.30. The Balaban J connectivity index is 1.91. The number of methoxy groups -OCH3 is 1. The van der Waals surface area contributed by atoms with E-state index in [-0.39, 0.29) is 10.6 Å². The monoisotopic (exact) mass is 494 g/mol. The highest BCUT2D eigenvalue weighted by molar-refractivity contribution is 9.10. The molecule has 0 saturated heterocycles. The number of benzene rings is 3. The lowest BCUT2D eigenvalue weighted by molar-refractivity contribution is 0.102. The summed E-state index contributed by atoms with van der Waals surface area (Å²) in [5.74, 6) is -0.0968. The van der Waals surface area contributed by atoms with Gasteiger partial charge in [-0.15, -0.1) is 0 Å². The lowest BCUT2D eigenvalue weighted by Gasteiger charge is -2.14. The molecule has 3 aromatic rings. The van der Waals surface area contributed by atoms with Gasteiger partial charge in [0, 0.05) is 15.1 Å². The number of carbonyl (C=O) groups excluding carboxylic acids is 1. The first-order valence-corrected chi connectivity index (χ1v) is 11.0. The molecule has 9 heteroatoms. The number of halogens is 2. The van der Waals surface area contributed by atoms with E-state index in [1.165, 1.54) is 25.3 Å². The van der Waals surface area contributed by atoms with Crippen molar-refractivity contribution in [2.45, 2.75) is 4.90 Å². The Morgan fingerprint density at radius 2 is 1.69 bits per heavy atom. The fourth-order valence-corrected chi connectivity index (χ4v) is 4.24. The van der Waals surface area contributed by atoms with Crippen molar-refractivity contribution in [1.82, 2.24) is 0 Å². The molecular weight excluding hydrogens is 480 g/mol. The average molecular weight is 496 g/mol. The second-order valence-corrected chi connectivity index (χ2v) is 8.88. The number of amides is 1. The van der Waals surface area contributed by atoms with Crippen LogP contribution in [0.3, 0.4) is 0 Å². The number of rotatable bonds is 6. The Morgan fingerprint density at radius 1 is 1.00 bits per heavy atom. The fraction of sp³-hybridized carbons (Fsp3) is 0.0500. The van der Waals surface area contributed by atoms with Crippen LogP contribution in [-0.4, -0.2) is 21.4 Å². The second-order valence-electron chi connectivity index (χ2n) is 5.91. The normalized spacial score (nSPS) is 11.0. The van der Waals surface area contributed by atoms with Crippen molar-refractivity contribution in [2.75, 3.05) is 17.1 Å². The van der Waals surface area contributed by atoms with Gasteiger partial charge < -0.3 is 10.1 Å². The molecule has 0 aliphatic heterocycles. The lowest BCUT2D eigenvalue weighted by atomic mass is 10.2. The zero-order chi connectivity index (χ0) is 21.0. The van der Waals surface area contributed by atoms with E-state index in [0.29, 0.717) is 26.5 Å². The molecule has 0 spiro atoms. The quantitative estimate of drug-likeness (QED) is 0.494. The number of anilines is 2. The van der Waals surface area contributed by atoms with Crippen LogP contribution < -0.4 is 14.8 Å². The standard InChI is InChI=1S/C20H16BrClN2O4S/c1-28-19-11-10-15(29(26,27)24-17-5-3-2-4-16(17)21)12-18(19)23-20(25)13-6-8-14(22)9-7-13/h2-12,24H,1H3,(H,23,25). The Bertz CT molecular complexity index is 1150. The molecule has 0 aliphatic carbocycles. The van der Waals surface area contributed by atoms with Crippen molar-refractivity contribution in [3.63, 3.8) is 0 Å². The molecule has 29 heavy (non-hydrogen) atoms. The number of sulfonamides is 1. The maximum absolute atomic E-state index is 12.8. The van der Waals surface area contributed by atoms with Gasteiger partial charge in [0.1, 0.15) is 5.75 Å². The molecule has 6 nitrogen and oxygen atoms in total. The Labute approximate surface area is 182 Å². The maximum atomic E-state index is 12.8. The first kappa shape index (κ1) is 21.2. The summed E-state index contributed by atoms with van der Waals surface area (Å²) < 4.78 is 34.0. The SMILES string of the molecule is COc1ccc(S(=O)(=O)Nc2ccccc2Br)cc1NC(=O)c1ccc(Cl)cc1. The second kappa shape index (κ2) is 8.86. The van der Waals surface area contributed by atoms with E-state index in [4.69, 9.17) is 16.3 Å². The molecule has 0 heterocycles. The maximum Gasteiger partial charge on any atom is 0.262 e. The van der Waals surface area contributed by atoms with E-state index in [0.717, 1.165) is 0 Å². The number of nitrogens with one attached hydrogen (secondary N) is 2. The van der Waals surface area contributed by atoms with Gasteiger partial charge in [0.25, 0.3) is 15.9 Å². The molecule has 0 aliphatic rings. The van der Waals surface area contributed by atoms with Crippen LogP contribution in [0.2, 0.25) is 5.02 Å². The molecule has 3 aromatic carbocycles. The predicted octanol–water partition coefficient (Wildman–Crippen LogP) is 5.16. The molecule has 2 N–H and O–H groups in total. The van der Waals surface area contributed by atoms with Crippen molar-refractivity contribution in [2.24, 2.45) is 0 Å². The number of hydrogen-bond acceptors (Lipinski definition) is 4. The van der Waals surface area contributed by atoms with Gasteiger partial charge in [0.15, 0.2) is 0 Å². The first-order chi connectivity index (χ1) is 13.8. The number of hydrogen-bond donors (Lipinski definition) is 2. The molecular formula is C20H16BrClN2O4S. The summed E-state index contributed by atoms with van der Waals surface area (Å²) in [5.41, 5.74) is 0.994. The van der Waals surface area contributed by atoms with Crippen LogP contribution in [0.5, 0.6) is 5.75 Å². The third-order valence-corrected chi connectivity index (χ3v) is 6.26. The van der Waals surface area contributed by atoms with Crippen molar-refractivity contribution in [3.05, 3.63) is 81.8 Å². The minimum Gasteiger partial charge on any atom is -0.495 e. The van der Waals surface area contributed by atoms with Gasteiger partial charge >= 0.3 is 0 Å². The van der Waals surface area contributed by atoms with Gasteiger partial charge in [-0.2, -0.15) is 0 Å². The van der Waals surface area contributed by atoms with Gasteiger partial charge in [0.2, 0.25) is 0 Å². The summed E-state index contributed by atoms with van der Waals surface area (Å²) in [7, 11) is -2.46. The van der Waals surface area contributed by atoms with Crippen molar-refractivity contribution in [1.29, 1.82) is 0 Å². The fourth-order valence-electron chi connectivity index (χ4n) is 2.50.